The number of anilines is 1. The van der Waals surface area contributed by atoms with E-state index in [0.29, 0.717) is 5.02 Å². The van der Waals surface area contributed by atoms with E-state index in [1.54, 1.807) is 0 Å². The van der Waals surface area contributed by atoms with Gasteiger partial charge in [-0.25, -0.2) is 8.42 Å². The second kappa shape index (κ2) is 6.96. The van der Waals surface area contributed by atoms with Crippen LogP contribution in [0.1, 0.15) is 32.1 Å². The molecule has 1 fully saturated rings. The Morgan fingerprint density at radius 2 is 1.95 bits per heavy atom. The fraction of sp³-hybridized carbons (Fsp3) is 0.571. The Balaban J connectivity index is 2.34. The molecular formula is C14H21ClN2O3S. The molecule has 2 rings (SSSR count). The van der Waals surface area contributed by atoms with Crippen molar-refractivity contribution in [3.8, 4) is 0 Å². The molecular weight excluding hydrogens is 312 g/mol. The molecule has 0 saturated heterocycles. The Labute approximate surface area is 130 Å². The van der Waals surface area contributed by atoms with Gasteiger partial charge in [-0.05, 0) is 31.0 Å². The van der Waals surface area contributed by atoms with E-state index >= 15 is 0 Å². The lowest BCUT2D eigenvalue weighted by atomic mass is 9.95. The van der Waals surface area contributed by atoms with Gasteiger partial charge in [0.05, 0.1) is 22.2 Å². The molecule has 118 valence electrons. The summed E-state index contributed by atoms with van der Waals surface area (Å²) in [5, 5.41) is 9.56. The third kappa shape index (κ3) is 3.69. The van der Waals surface area contributed by atoms with Crippen molar-refractivity contribution in [1.82, 2.24) is 4.31 Å². The minimum atomic E-state index is -3.67. The molecule has 0 heterocycles. The van der Waals surface area contributed by atoms with E-state index in [0.717, 1.165) is 32.1 Å². The van der Waals surface area contributed by atoms with E-state index in [9.17, 15) is 13.5 Å². The molecule has 1 aliphatic rings. The highest BCUT2D eigenvalue weighted by molar-refractivity contribution is 7.89. The van der Waals surface area contributed by atoms with Crippen molar-refractivity contribution in [3.05, 3.63) is 23.2 Å². The topological polar surface area (TPSA) is 83.6 Å². The summed E-state index contributed by atoms with van der Waals surface area (Å²) < 4.78 is 27.0. The zero-order valence-corrected chi connectivity index (χ0v) is 13.4. The number of sulfonamides is 1. The summed E-state index contributed by atoms with van der Waals surface area (Å²) in [6.45, 7) is -0.0890. The summed E-state index contributed by atoms with van der Waals surface area (Å²) in [7, 11) is -3.67. The third-order valence-electron chi connectivity index (χ3n) is 3.88. The van der Waals surface area contributed by atoms with Crippen molar-refractivity contribution in [2.24, 2.45) is 0 Å². The third-order valence-corrected chi connectivity index (χ3v) is 6.17. The highest BCUT2D eigenvalue weighted by Crippen LogP contribution is 2.29. The zero-order chi connectivity index (χ0) is 15.5. The summed E-state index contributed by atoms with van der Waals surface area (Å²) in [5.74, 6) is 0. The summed E-state index contributed by atoms with van der Waals surface area (Å²) >= 11 is 5.85. The lowest BCUT2D eigenvalue weighted by Gasteiger charge is -2.33. The predicted octanol–water partition coefficient (Wildman–Crippen LogP) is 2.24. The van der Waals surface area contributed by atoms with Crippen LogP contribution in [0.3, 0.4) is 0 Å². The maximum Gasteiger partial charge on any atom is 0.243 e. The molecule has 1 saturated carbocycles. The smallest absolute Gasteiger partial charge is 0.243 e. The Hall–Kier alpha value is -0.820. The van der Waals surface area contributed by atoms with Crippen LogP contribution in [0.4, 0.5) is 5.69 Å². The van der Waals surface area contributed by atoms with Crippen molar-refractivity contribution < 1.29 is 13.5 Å². The van der Waals surface area contributed by atoms with Crippen molar-refractivity contribution in [2.45, 2.75) is 43.0 Å². The Kier molecular flexibility index (Phi) is 5.48. The Bertz CT molecular complexity index is 586. The molecule has 1 aliphatic carbocycles. The van der Waals surface area contributed by atoms with Gasteiger partial charge < -0.3 is 10.8 Å². The summed E-state index contributed by atoms with van der Waals surface area (Å²) in [4.78, 5) is 0.128. The summed E-state index contributed by atoms with van der Waals surface area (Å²) in [5.41, 5.74) is 5.95. The number of nitrogen functional groups attached to an aromatic ring is 1. The van der Waals surface area contributed by atoms with Crippen molar-refractivity contribution in [1.29, 1.82) is 0 Å². The minimum absolute atomic E-state index is 0.0483. The number of halogens is 1. The van der Waals surface area contributed by atoms with Crippen LogP contribution in [0.2, 0.25) is 5.02 Å². The van der Waals surface area contributed by atoms with E-state index in [-0.39, 0.29) is 29.8 Å². The van der Waals surface area contributed by atoms with Gasteiger partial charge in [-0.1, -0.05) is 30.9 Å². The minimum Gasteiger partial charge on any atom is -0.397 e. The average Bonchev–Trinajstić information content (AvgIpc) is 2.48. The second-order valence-electron chi connectivity index (χ2n) is 5.31. The number of aliphatic hydroxyl groups is 1. The lowest BCUT2D eigenvalue weighted by Crippen LogP contribution is -2.43. The van der Waals surface area contributed by atoms with Gasteiger partial charge in [0.25, 0.3) is 0 Å². The number of hydrogen-bond donors (Lipinski definition) is 2. The number of rotatable bonds is 5. The second-order valence-corrected chi connectivity index (χ2v) is 7.61. The van der Waals surface area contributed by atoms with Gasteiger partial charge in [0, 0.05) is 12.6 Å². The molecule has 0 aromatic heterocycles. The summed E-state index contributed by atoms with van der Waals surface area (Å²) in [6, 6.07) is 4.28. The molecule has 0 unspecified atom stereocenters. The van der Waals surface area contributed by atoms with Crippen LogP contribution < -0.4 is 5.73 Å². The predicted molar refractivity (Wildman–Crippen MR) is 83.7 cm³/mol. The van der Waals surface area contributed by atoms with E-state index < -0.39 is 10.0 Å². The maximum atomic E-state index is 12.8. The van der Waals surface area contributed by atoms with Crippen LogP contribution in [0.25, 0.3) is 0 Å². The molecule has 0 spiro atoms. The molecule has 7 heteroatoms. The molecule has 0 bridgehead atoms. The van der Waals surface area contributed by atoms with Gasteiger partial charge >= 0.3 is 0 Å². The highest BCUT2D eigenvalue weighted by Gasteiger charge is 2.32. The van der Waals surface area contributed by atoms with E-state index in [2.05, 4.69) is 0 Å². The van der Waals surface area contributed by atoms with E-state index in [1.165, 1.54) is 22.5 Å². The number of hydrogen-bond acceptors (Lipinski definition) is 4. The van der Waals surface area contributed by atoms with Crippen LogP contribution in [0.5, 0.6) is 0 Å². The molecule has 21 heavy (non-hydrogen) atoms. The fourth-order valence-electron chi connectivity index (χ4n) is 2.78. The maximum absolute atomic E-state index is 12.8. The number of benzene rings is 1. The first-order valence-corrected chi connectivity index (χ1v) is 8.96. The van der Waals surface area contributed by atoms with Crippen LogP contribution in [0.15, 0.2) is 23.1 Å². The number of nitrogens with two attached hydrogens (primary N) is 1. The first-order chi connectivity index (χ1) is 9.96. The average molecular weight is 333 g/mol. The molecule has 1 aromatic rings. The standard InChI is InChI=1S/C14H21ClN2O3S/c15-13-7-6-12(10-14(13)16)21(19,20)17(8-9-18)11-4-2-1-3-5-11/h6-7,10-11,18H,1-5,8-9,16H2. The first-order valence-electron chi connectivity index (χ1n) is 7.14. The van der Waals surface area contributed by atoms with Crippen LogP contribution >= 0.6 is 11.6 Å². The highest BCUT2D eigenvalue weighted by atomic mass is 35.5. The normalized spacial score (nSPS) is 17.3. The van der Waals surface area contributed by atoms with Crippen molar-refractivity contribution >= 4 is 27.3 Å². The van der Waals surface area contributed by atoms with Crippen LogP contribution in [-0.2, 0) is 10.0 Å². The Morgan fingerprint density at radius 3 is 2.52 bits per heavy atom. The number of nitrogens with zero attached hydrogens (tertiary/aromatic N) is 1. The SMILES string of the molecule is Nc1cc(S(=O)(=O)N(CCO)C2CCCCC2)ccc1Cl. The molecule has 0 radical (unpaired) electrons. The van der Waals surface area contributed by atoms with Gasteiger partial charge in [-0.2, -0.15) is 4.31 Å². The number of aliphatic hydroxyl groups excluding tert-OH is 1. The zero-order valence-electron chi connectivity index (χ0n) is 11.8. The molecule has 5 nitrogen and oxygen atoms in total. The molecule has 0 aliphatic heterocycles. The van der Waals surface area contributed by atoms with E-state index in [4.69, 9.17) is 17.3 Å². The van der Waals surface area contributed by atoms with Gasteiger partial charge in [0.2, 0.25) is 10.0 Å². The monoisotopic (exact) mass is 332 g/mol. The summed E-state index contributed by atoms with van der Waals surface area (Å²) in [6.07, 6.45) is 4.84. The fourth-order valence-corrected chi connectivity index (χ4v) is 4.61. The quantitative estimate of drug-likeness (QED) is 0.810. The molecule has 0 amide bonds. The van der Waals surface area contributed by atoms with Gasteiger partial charge in [-0.3, -0.25) is 0 Å². The lowest BCUT2D eigenvalue weighted by molar-refractivity contribution is 0.199. The van der Waals surface area contributed by atoms with Crippen LogP contribution in [-0.4, -0.2) is 37.0 Å². The van der Waals surface area contributed by atoms with Crippen LogP contribution in [0, 0.1) is 0 Å². The Morgan fingerprint density at radius 1 is 1.29 bits per heavy atom. The van der Waals surface area contributed by atoms with Gasteiger partial charge in [-0.15, -0.1) is 0 Å². The van der Waals surface area contributed by atoms with E-state index in [1.807, 2.05) is 0 Å². The first kappa shape index (κ1) is 16.5. The molecule has 1 aromatic carbocycles. The largest absolute Gasteiger partial charge is 0.397 e. The molecule has 0 atom stereocenters. The van der Waals surface area contributed by atoms with Gasteiger partial charge in [0.1, 0.15) is 0 Å². The van der Waals surface area contributed by atoms with Crippen molar-refractivity contribution in [2.75, 3.05) is 18.9 Å². The molecule has 3 N–H and O–H groups in total. The van der Waals surface area contributed by atoms with Gasteiger partial charge in [0.15, 0.2) is 0 Å². The van der Waals surface area contributed by atoms with Crippen molar-refractivity contribution in [3.63, 3.8) is 0 Å².